The van der Waals surface area contributed by atoms with Crippen molar-refractivity contribution in [2.45, 2.75) is 12.8 Å². The first-order chi connectivity index (χ1) is 4.74. The number of hydrogen-bond acceptors (Lipinski definition) is 3. The van der Waals surface area contributed by atoms with Crippen molar-refractivity contribution in [2.75, 3.05) is 5.73 Å². The molecule has 12 heavy (non-hydrogen) atoms. The Morgan fingerprint density at radius 1 is 1.50 bits per heavy atom. The van der Waals surface area contributed by atoms with Crippen molar-refractivity contribution < 1.29 is 0 Å². The molecular formula is C6H10Cl3N3. The molecule has 1 heterocycles. The number of hydrogen-bond donors (Lipinski definition) is 1. The average Bonchev–Trinajstić information content (AvgIpc) is 1.88. The summed E-state index contributed by atoms with van der Waals surface area (Å²) < 4.78 is 0. The number of aromatic nitrogens is 2. The molecule has 0 aliphatic rings. The van der Waals surface area contributed by atoms with Crippen LogP contribution in [0.25, 0.3) is 0 Å². The lowest BCUT2D eigenvalue weighted by atomic mass is 10.3. The number of anilines is 1. The molecule has 0 atom stereocenters. The van der Waals surface area contributed by atoms with Crippen LogP contribution in [-0.4, -0.2) is 9.97 Å². The van der Waals surface area contributed by atoms with Crippen molar-refractivity contribution in [3.8, 4) is 0 Å². The summed E-state index contributed by atoms with van der Waals surface area (Å²) in [5, 5.41) is 0. The third-order valence-electron chi connectivity index (χ3n) is 1.16. The standard InChI is InChI=1S/C6H8ClN3.2ClH/c1-4-9-3-5(2-7)6(8)10-4;;/h3H,2H2,1H3,(H2,8,9,10);2*1H. The van der Waals surface area contributed by atoms with Crippen molar-refractivity contribution in [3.05, 3.63) is 17.6 Å². The van der Waals surface area contributed by atoms with Crippen LogP contribution < -0.4 is 5.73 Å². The lowest BCUT2D eigenvalue weighted by Crippen LogP contribution is -1.99. The normalized spacial score (nSPS) is 8.17. The van der Waals surface area contributed by atoms with Crippen molar-refractivity contribution >= 4 is 42.2 Å². The second-order valence-corrected chi connectivity index (χ2v) is 2.23. The van der Waals surface area contributed by atoms with E-state index < -0.39 is 0 Å². The molecule has 1 aromatic rings. The Bertz CT molecular complexity index is 241. The molecule has 0 aliphatic carbocycles. The molecule has 0 saturated heterocycles. The van der Waals surface area contributed by atoms with E-state index in [-0.39, 0.29) is 24.8 Å². The van der Waals surface area contributed by atoms with E-state index in [9.17, 15) is 0 Å². The van der Waals surface area contributed by atoms with Gasteiger partial charge in [-0.05, 0) is 6.92 Å². The Hall–Kier alpha value is -0.250. The number of nitrogen functional groups attached to an aromatic ring is 1. The molecule has 0 fully saturated rings. The van der Waals surface area contributed by atoms with Crippen LogP contribution in [0.5, 0.6) is 0 Å². The maximum Gasteiger partial charge on any atom is 0.131 e. The number of aryl methyl sites for hydroxylation is 1. The van der Waals surface area contributed by atoms with Crippen LogP contribution in [0, 0.1) is 6.92 Å². The lowest BCUT2D eigenvalue weighted by molar-refractivity contribution is 1.03. The minimum absolute atomic E-state index is 0. The van der Waals surface area contributed by atoms with Gasteiger partial charge in [0.2, 0.25) is 0 Å². The molecule has 0 unspecified atom stereocenters. The van der Waals surface area contributed by atoms with Gasteiger partial charge in [0.25, 0.3) is 0 Å². The maximum absolute atomic E-state index is 5.52. The van der Waals surface area contributed by atoms with Gasteiger partial charge < -0.3 is 5.73 Å². The zero-order valence-electron chi connectivity index (χ0n) is 6.45. The van der Waals surface area contributed by atoms with Crippen LogP contribution in [-0.2, 0) is 5.88 Å². The van der Waals surface area contributed by atoms with E-state index in [1.165, 1.54) is 0 Å². The monoisotopic (exact) mass is 229 g/mol. The van der Waals surface area contributed by atoms with Gasteiger partial charge in [-0.15, -0.1) is 36.4 Å². The number of nitrogens with two attached hydrogens (primary N) is 1. The molecule has 0 amide bonds. The number of alkyl halides is 1. The summed E-state index contributed by atoms with van der Waals surface area (Å²) in [6, 6.07) is 0. The first-order valence-corrected chi connectivity index (χ1v) is 3.41. The predicted octanol–water partition coefficient (Wildman–Crippen LogP) is 1.95. The van der Waals surface area contributed by atoms with Gasteiger partial charge in [-0.3, -0.25) is 0 Å². The third kappa shape index (κ3) is 3.43. The van der Waals surface area contributed by atoms with E-state index in [4.69, 9.17) is 17.3 Å². The summed E-state index contributed by atoms with van der Waals surface area (Å²) in [6.07, 6.45) is 1.64. The minimum Gasteiger partial charge on any atom is -0.383 e. The maximum atomic E-state index is 5.52. The van der Waals surface area contributed by atoms with Crippen LogP contribution in [0.4, 0.5) is 5.82 Å². The van der Waals surface area contributed by atoms with Crippen molar-refractivity contribution in [1.29, 1.82) is 0 Å². The number of halogens is 3. The van der Waals surface area contributed by atoms with E-state index in [0.717, 1.165) is 5.56 Å². The molecule has 2 N–H and O–H groups in total. The molecule has 0 saturated carbocycles. The fourth-order valence-corrected chi connectivity index (χ4v) is 0.821. The zero-order valence-corrected chi connectivity index (χ0v) is 8.84. The zero-order chi connectivity index (χ0) is 7.56. The SMILES string of the molecule is Cc1ncc(CCl)c(N)n1.Cl.Cl. The summed E-state index contributed by atoms with van der Waals surface area (Å²) in [6.45, 7) is 1.79. The highest BCUT2D eigenvalue weighted by Gasteiger charge is 1.98. The Balaban J connectivity index is 0. The quantitative estimate of drug-likeness (QED) is 0.750. The van der Waals surface area contributed by atoms with Gasteiger partial charge in [-0.2, -0.15) is 0 Å². The second-order valence-electron chi connectivity index (χ2n) is 1.96. The average molecular weight is 231 g/mol. The first-order valence-electron chi connectivity index (χ1n) is 2.88. The largest absolute Gasteiger partial charge is 0.383 e. The molecule has 1 aromatic heterocycles. The number of rotatable bonds is 1. The Labute approximate surface area is 88.5 Å². The highest BCUT2D eigenvalue weighted by molar-refractivity contribution is 6.17. The summed E-state index contributed by atoms with van der Waals surface area (Å²) >= 11 is 5.52. The van der Waals surface area contributed by atoms with Crippen molar-refractivity contribution in [1.82, 2.24) is 9.97 Å². The predicted molar refractivity (Wildman–Crippen MR) is 55.2 cm³/mol. The molecule has 0 radical (unpaired) electrons. The van der Waals surface area contributed by atoms with Crippen molar-refractivity contribution in [2.24, 2.45) is 0 Å². The second kappa shape index (κ2) is 6.29. The topological polar surface area (TPSA) is 51.8 Å². The summed E-state index contributed by atoms with van der Waals surface area (Å²) in [4.78, 5) is 7.86. The fraction of sp³-hybridized carbons (Fsp3) is 0.333. The molecular weight excluding hydrogens is 220 g/mol. The van der Waals surface area contributed by atoms with Gasteiger partial charge in [0, 0.05) is 11.8 Å². The first kappa shape index (κ1) is 14.3. The summed E-state index contributed by atoms with van der Waals surface area (Å²) in [5.41, 5.74) is 6.28. The van der Waals surface area contributed by atoms with Crippen LogP contribution in [0.15, 0.2) is 6.20 Å². The fourth-order valence-electron chi connectivity index (χ4n) is 0.615. The van der Waals surface area contributed by atoms with Gasteiger partial charge >= 0.3 is 0 Å². The molecule has 0 spiro atoms. The van der Waals surface area contributed by atoms with E-state index in [0.29, 0.717) is 17.5 Å². The molecule has 70 valence electrons. The number of nitrogens with zero attached hydrogens (tertiary/aromatic N) is 2. The minimum atomic E-state index is 0. The molecule has 0 aromatic carbocycles. The van der Waals surface area contributed by atoms with Crippen LogP contribution in [0.1, 0.15) is 11.4 Å². The van der Waals surface area contributed by atoms with E-state index in [1.807, 2.05) is 0 Å². The van der Waals surface area contributed by atoms with Gasteiger partial charge in [-0.25, -0.2) is 9.97 Å². The molecule has 3 nitrogen and oxygen atoms in total. The highest BCUT2D eigenvalue weighted by atomic mass is 35.5. The van der Waals surface area contributed by atoms with E-state index in [2.05, 4.69) is 9.97 Å². The van der Waals surface area contributed by atoms with Gasteiger partial charge in [0.15, 0.2) is 0 Å². The molecule has 1 rings (SSSR count). The van der Waals surface area contributed by atoms with Crippen LogP contribution in [0.3, 0.4) is 0 Å². The lowest BCUT2D eigenvalue weighted by Gasteiger charge is -1.98. The smallest absolute Gasteiger partial charge is 0.131 e. The summed E-state index contributed by atoms with van der Waals surface area (Å²) in [7, 11) is 0. The van der Waals surface area contributed by atoms with E-state index >= 15 is 0 Å². The third-order valence-corrected chi connectivity index (χ3v) is 1.45. The van der Waals surface area contributed by atoms with Gasteiger partial charge in [-0.1, -0.05) is 0 Å². The van der Waals surface area contributed by atoms with Gasteiger partial charge in [0.1, 0.15) is 11.6 Å². The Morgan fingerprint density at radius 3 is 2.50 bits per heavy atom. The molecule has 0 bridgehead atoms. The van der Waals surface area contributed by atoms with Crippen LogP contribution in [0.2, 0.25) is 0 Å². The Morgan fingerprint density at radius 2 is 2.08 bits per heavy atom. The highest BCUT2D eigenvalue weighted by Crippen LogP contribution is 2.08. The van der Waals surface area contributed by atoms with Gasteiger partial charge in [0.05, 0.1) is 5.88 Å². The van der Waals surface area contributed by atoms with E-state index in [1.54, 1.807) is 13.1 Å². The van der Waals surface area contributed by atoms with Crippen LogP contribution >= 0.6 is 36.4 Å². The molecule has 6 heteroatoms. The molecule has 0 aliphatic heterocycles. The summed E-state index contributed by atoms with van der Waals surface area (Å²) in [5.74, 6) is 1.51. The Kier molecular flexibility index (Phi) is 7.48. The van der Waals surface area contributed by atoms with Crippen molar-refractivity contribution in [3.63, 3.8) is 0 Å².